The summed E-state index contributed by atoms with van der Waals surface area (Å²) in [5.41, 5.74) is 4.97. The fourth-order valence-corrected chi connectivity index (χ4v) is 3.08. The van der Waals surface area contributed by atoms with Crippen molar-refractivity contribution >= 4 is 23.0 Å². The first-order valence-corrected chi connectivity index (χ1v) is 8.57. The number of nitrogens with two attached hydrogens (primary N) is 1. The molecule has 2 unspecified atom stereocenters. The standard InChI is InChI=1S/C18H20N2O5.CH5N/c1-23-9-13-6-17(22)20-15(13)10-25-18-14-7-16(24-2)12(8-21)5-11(14)3-4-19-18;1-2/h3-5,7-8,13,15H,6,9-10H2,1-2H3,(H,20,22);2H2,1H3. The van der Waals surface area contributed by atoms with Crippen molar-refractivity contribution in [1.82, 2.24) is 10.3 Å². The highest BCUT2D eigenvalue weighted by Gasteiger charge is 2.32. The van der Waals surface area contributed by atoms with E-state index in [-0.39, 0.29) is 17.9 Å². The molecule has 1 aliphatic rings. The zero-order valence-electron chi connectivity index (χ0n) is 15.7. The lowest BCUT2D eigenvalue weighted by Crippen LogP contribution is -2.36. The molecule has 0 bridgehead atoms. The van der Waals surface area contributed by atoms with Gasteiger partial charge in [0.05, 0.1) is 25.3 Å². The fourth-order valence-electron chi connectivity index (χ4n) is 3.08. The Morgan fingerprint density at radius 3 is 2.74 bits per heavy atom. The van der Waals surface area contributed by atoms with Crippen LogP contribution in [0.15, 0.2) is 24.4 Å². The van der Waals surface area contributed by atoms with Crippen LogP contribution in [0, 0.1) is 5.92 Å². The third-order valence-electron chi connectivity index (χ3n) is 4.35. The minimum absolute atomic E-state index is 0.00109. The second-order valence-electron chi connectivity index (χ2n) is 5.95. The molecule has 2 heterocycles. The second-order valence-corrected chi connectivity index (χ2v) is 5.95. The Bertz CT molecular complexity index is 796. The predicted octanol–water partition coefficient (Wildman–Crippen LogP) is 1.16. The fraction of sp³-hybridized carbons (Fsp3) is 0.421. The van der Waals surface area contributed by atoms with E-state index < -0.39 is 0 Å². The van der Waals surface area contributed by atoms with Crippen molar-refractivity contribution < 1.29 is 23.8 Å². The summed E-state index contributed by atoms with van der Waals surface area (Å²) in [5, 5.41) is 4.48. The summed E-state index contributed by atoms with van der Waals surface area (Å²) in [6.45, 7) is 0.788. The Hall–Kier alpha value is -2.71. The van der Waals surface area contributed by atoms with Crippen molar-refractivity contribution in [2.24, 2.45) is 11.7 Å². The largest absolute Gasteiger partial charge is 0.496 e. The normalized spacial score (nSPS) is 18.4. The number of pyridine rings is 1. The number of nitrogens with one attached hydrogen (secondary N) is 1. The maximum Gasteiger partial charge on any atom is 0.221 e. The van der Waals surface area contributed by atoms with E-state index in [9.17, 15) is 9.59 Å². The van der Waals surface area contributed by atoms with Crippen molar-refractivity contribution in [1.29, 1.82) is 0 Å². The molecule has 1 fully saturated rings. The number of ether oxygens (including phenoxy) is 3. The lowest BCUT2D eigenvalue weighted by atomic mass is 10.0. The number of carbonyl (C=O) groups excluding carboxylic acids is 2. The quantitative estimate of drug-likeness (QED) is 0.698. The van der Waals surface area contributed by atoms with Gasteiger partial charge in [-0.15, -0.1) is 0 Å². The number of hydrogen-bond donors (Lipinski definition) is 2. The van der Waals surface area contributed by atoms with Crippen molar-refractivity contribution in [3.63, 3.8) is 0 Å². The van der Waals surface area contributed by atoms with E-state index in [1.165, 1.54) is 14.2 Å². The van der Waals surface area contributed by atoms with Crippen LogP contribution >= 0.6 is 0 Å². The number of nitrogens with zero attached hydrogens (tertiary/aromatic N) is 1. The highest BCUT2D eigenvalue weighted by molar-refractivity contribution is 5.94. The minimum Gasteiger partial charge on any atom is -0.496 e. The molecular weight excluding hydrogens is 350 g/mol. The van der Waals surface area contributed by atoms with Gasteiger partial charge < -0.3 is 25.3 Å². The summed E-state index contributed by atoms with van der Waals surface area (Å²) in [6, 6.07) is 5.16. The molecule has 1 saturated heterocycles. The molecule has 0 saturated carbocycles. The highest BCUT2D eigenvalue weighted by Crippen LogP contribution is 2.30. The minimum atomic E-state index is -0.124. The molecule has 0 spiro atoms. The van der Waals surface area contributed by atoms with Gasteiger partial charge in [0, 0.05) is 31.0 Å². The number of aromatic nitrogens is 1. The highest BCUT2D eigenvalue weighted by atomic mass is 16.5. The number of methoxy groups -OCH3 is 2. The molecule has 1 amide bonds. The molecule has 3 N–H and O–H groups in total. The molecule has 2 atom stereocenters. The van der Waals surface area contributed by atoms with Crippen molar-refractivity contribution in [3.05, 3.63) is 30.0 Å². The van der Waals surface area contributed by atoms with Crippen molar-refractivity contribution in [2.45, 2.75) is 12.5 Å². The van der Waals surface area contributed by atoms with Gasteiger partial charge >= 0.3 is 0 Å². The number of aldehydes is 1. The van der Waals surface area contributed by atoms with Gasteiger partial charge in [0.1, 0.15) is 12.4 Å². The first kappa shape index (κ1) is 20.6. The molecule has 1 aromatic carbocycles. The van der Waals surface area contributed by atoms with Crippen LogP contribution in [-0.2, 0) is 9.53 Å². The summed E-state index contributed by atoms with van der Waals surface area (Å²) < 4.78 is 16.3. The summed E-state index contributed by atoms with van der Waals surface area (Å²) in [6.07, 6.45) is 2.81. The SMILES string of the molecule is CN.COCC1CC(=O)NC1COc1nccc2cc(C=O)c(OC)cc12. The molecule has 8 nitrogen and oxygen atoms in total. The van der Waals surface area contributed by atoms with Gasteiger partial charge in [0.2, 0.25) is 11.8 Å². The second kappa shape index (κ2) is 9.84. The van der Waals surface area contributed by atoms with Gasteiger partial charge in [-0.1, -0.05) is 0 Å². The monoisotopic (exact) mass is 375 g/mol. The van der Waals surface area contributed by atoms with Crippen LogP contribution in [0.4, 0.5) is 0 Å². The van der Waals surface area contributed by atoms with Crippen molar-refractivity contribution in [3.8, 4) is 11.6 Å². The Labute approximate surface area is 158 Å². The van der Waals surface area contributed by atoms with Crippen LogP contribution in [0.25, 0.3) is 10.8 Å². The van der Waals surface area contributed by atoms with E-state index in [1.54, 1.807) is 31.5 Å². The van der Waals surface area contributed by atoms with E-state index in [0.29, 0.717) is 36.8 Å². The van der Waals surface area contributed by atoms with Crippen LogP contribution in [0.5, 0.6) is 11.6 Å². The predicted molar refractivity (Wildman–Crippen MR) is 101 cm³/mol. The molecule has 27 heavy (non-hydrogen) atoms. The Morgan fingerprint density at radius 1 is 1.30 bits per heavy atom. The first-order chi connectivity index (χ1) is 13.2. The van der Waals surface area contributed by atoms with E-state index in [2.05, 4.69) is 16.0 Å². The number of hydrogen-bond acceptors (Lipinski definition) is 7. The van der Waals surface area contributed by atoms with Gasteiger partial charge in [0.25, 0.3) is 0 Å². The molecule has 1 aromatic heterocycles. The van der Waals surface area contributed by atoms with Gasteiger partial charge in [-0.3, -0.25) is 9.59 Å². The number of rotatable bonds is 7. The maximum absolute atomic E-state index is 11.6. The van der Waals surface area contributed by atoms with Gasteiger partial charge in [0.15, 0.2) is 6.29 Å². The number of amides is 1. The molecular formula is C19H25N3O5. The lowest BCUT2D eigenvalue weighted by molar-refractivity contribution is -0.119. The molecule has 2 aromatic rings. The Balaban J connectivity index is 0.00000126. The van der Waals surface area contributed by atoms with E-state index in [4.69, 9.17) is 14.2 Å². The molecule has 0 radical (unpaired) electrons. The summed E-state index contributed by atoms with van der Waals surface area (Å²) in [5.74, 6) is 0.972. The van der Waals surface area contributed by atoms with Crippen LogP contribution in [0.3, 0.4) is 0 Å². The zero-order chi connectivity index (χ0) is 19.8. The van der Waals surface area contributed by atoms with Crippen LogP contribution in [0.2, 0.25) is 0 Å². The van der Waals surface area contributed by atoms with Crippen LogP contribution in [-0.4, -0.2) is 57.7 Å². The average molecular weight is 375 g/mol. The Kier molecular flexibility index (Phi) is 7.51. The summed E-state index contributed by atoms with van der Waals surface area (Å²) >= 11 is 0. The molecule has 1 aliphatic heterocycles. The average Bonchev–Trinajstić information content (AvgIpc) is 3.06. The van der Waals surface area contributed by atoms with Gasteiger partial charge in [-0.05, 0) is 30.6 Å². The number of fused-ring (bicyclic) bond motifs is 1. The summed E-state index contributed by atoms with van der Waals surface area (Å²) in [7, 11) is 4.62. The third kappa shape index (κ3) is 4.72. The molecule has 3 rings (SSSR count). The van der Waals surface area contributed by atoms with E-state index in [1.807, 2.05) is 0 Å². The molecule has 8 heteroatoms. The topological polar surface area (TPSA) is 113 Å². The van der Waals surface area contributed by atoms with Crippen molar-refractivity contribution in [2.75, 3.05) is 34.5 Å². The van der Waals surface area contributed by atoms with E-state index >= 15 is 0 Å². The van der Waals surface area contributed by atoms with Crippen LogP contribution < -0.4 is 20.5 Å². The van der Waals surface area contributed by atoms with Gasteiger partial charge in [-0.2, -0.15) is 0 Å². The van der Waals surface area contributed by atoms with Crippen LogP contribution in [0.1, 0.15) is 16.8 Å². The van der Waals surface area contributed by atoms with E-state index in [0.717, 1.165) is 17.1 Å². The zero-order valence-corrected chi connectivity index (χ0v) is 15.7. The number of benzene rings is 1. The third-order valence-corrected chi connectivity index (χ3v) is 4.35. The first-order valence-electron chi connectivity index (χ1n) is 8.57. The molecule has 0 aliphatic carbocycles. The summed E-state index contributed by atoms with van der Waals surface area (Å²) in [4.78, 5) is 27.1. The lowest BCUT2D eigenvalue weighted by Gasteiger charge is -2.19. The smallest absolute Gasteiger partial charge is 0.221 e. The molecule has 146 valence electrons. The Morgan fingerprint density at radius 2 is 2.07 bits per heavy atom. The number of carbonyl (C=O) groups is 2. The van der Waals surface area contributed by atoms with Gasteiger partial charge in [-0.25, -0.2) is 4.98 Å². The maximum atomic E-state index is 11.6.